The van der Waals surface area contributed by atoms with Gasteiger partial charge in [0.1, 0.15) is 0 Å². The molecule has 12 heavy (non-hydrogen) atoms. The van der Waals surface area contributed by atoms with Crippen LogP contribution in [-0.4, -0.2) is 5.84 Å². The second-order valence-electron chi connectivity index (χ2n) is 2.23. The minimum atomic E-state index is 0. The van der Waals surface area contributed by atoms with Gasteiger partial charge in [0.05, 0.1) is 11.5 Å². The van der Waals surface area contributed by atoms with Gasteiger partial charge in [-0.05, 0) is 31.2 Å². The average Bonchev–Trinajstić information content (AvgIpc) is 1.93. The van der Waals surface area contributed by atoms with E-state index < -0.39 is 0 Å². The van der Waals surface area contributed by atoms with Crippen molar-refractivity contribution in [2.75, 3.05) is 0 Å². The van der Waals surface area contributed by atoms with E-state index in [0.29, 0.717) is 10.9 Å². The van der Waals surface area contributed by atoms with Crippen LogP contribution < -0.4 is 5.73 Å². The van der Waals surface area contributed by atoms with E-state index in [9.17, 15) is 0 Å². The van der Waals surface area contributed by atoms with Crippen LogP contribution in [0.4, 0.5) is 5.69 Å². The molecule has 0 saturated carbocycles. The van der Waals surface area contributed by atoms with E-state index in [1.807, 2.05) is 12.1 Å². The maximum Gasteiger partial charge on any atom is 0.0964 e. The lowest BCUT2D eigenvalue weighted by molar-refractivity contribution is 1.45. The molecule has 1 aromatic rings. The predicted octanol–water partition coefficient (Wildman–Crippen LogP) is 2.77. The van der Waals surface area contributed by atoms with Crippen LogP contribution in [0.25, 0.3) is 0 Å². The summed E-state index contributed by atoms with van der Waals surface area (Å²) in [5.74, 6) is 0.548. The first-order valence-corrected chi connectivity index (χ1v) is 3.62. The molecule has 66 valence electrons. The molecule has 0 aliphatic carbocycles. The van der Waals surface area contributed by atoms with Gasteiger partial charge in [-0.15, -0.1) is 12.4 Å². The van der Waals surface area contributed by atoms with E-state index in [0.717, 1.165) is 5.69 Å². The van der Waals surface area contributed by atoms with Crippen molar-refractivity contribution < 1.29 is 0 Å². The number of amidine groups is 1. The molecule has 1 aromatic carbocycles. The van der Waals surface area contributed by atoms with Gasteiger partial charge in [0.15, 0.2) is 0 Å². The summed E-state index contributed by atoms with van der Waals surface area (Å²) in [6.07, 6.45) is 0. The van der Waals surface area contributed by atoms with E-state index in [2.05, 4.69) is 4.99 Å². The normalized spacial score (nSPS) is 10.7. The molecule has 0 aromatic heterocycles. The van der Waals surface area contributed by atoms with Crippen molar-refractivity contribution in [1.82, 2.24) is 0 Å². The molecule has 1 rings (SSSR count). The summed E-state index contributed by atoms with van der Waals surface area (Å²) in [4.78, 5) is 4.04. The molecule has 0 bridgehead atoms. The van der Waals surface area contributed by atoms with Gasteiger partial charge in [0.2, 0.25) is 0 Å². The number of nitrogens with two attached hydrogens (primary N) is 1. The summed E-state index contributed by atoms with van der Waals surface area (Å²) < 4.78 is 0. The molecule has 2 N–H and O–H groups in total. The standard InChI is InChI=1S/C8H9ClN2.ClH/c1-6(10)11-8-4-2-7(9)3-5-8;/h2-5H,1H3,(H2,10,11);1H. The van der Waals surface area contributed by atoms with E-state index in [1.54, 1.807) is 19.1 Å². The summed E-state index contributed by atoms with van der Waals surface area (Å²) in [5, 5.41) is 0.707. The van der Waals surface area contributed by atoms with Crippen LogP contribution >= 0.6 is 24.0 Å². The Labute approximate surface area is 82.9 Å². The van der Waals surface area contributed by atoms with E-state index in [-0.39, 0.29) is 12.4 Å². The number of benzene rings is 1. The Kier molecular flexibility index (Phi) is 4.71. The molecule has 0 amide bonds. The Bertz CT molecular complexity index is 263. The lowest BCUT2D eigenvalue weighted by Gasteiger charge is -1.93. The van der Waals surface area contributed by atoms with Crippen molar-refractivity contribution in [2.24, 2.45) is 10.7 Å². The van der Waals surface area contributed by atoms with Gasteiger partial charge in [0, 0.05) is 5.02 Å². The first-order chi connectivity index (χ1) is 5.18. The SMILES string of the molecule is CC(N)=Nc1ccc(Cl)cc1.Cl. The fraction of sp³-hybridized carbons (Fsp3) is 0.125. The van der Waals surface area contributed by atoms with Crippen LogP contribution in [0.15, 0.2) is 29.3 Å². The summed E-state index contributed by atoms with van der Waals surface area (Å²) in [7, 11) is 0. The van der Waals surface area contributed by atoms with Crippen LogP contribution in [0, 0.1) is 0 Å². The van der Waals surface area contributed by atoms with Crippen LogP contribution in [0.1, 0.15) is 6.92 Å². The number of hydrogen-bond donors (Lipinski definition) is 1. The molecule has 0 aliphatic rings. The van der Waals surface area contributed by atoms with Crippen LogP contribution in [0.3, 0.4) is 0 Å². The van der Waals surface area contributed by atoms with Crippen molar-refractivity contribution in [3.8, 4) is 0 Å². The second kappa shape index (κ2) is 5.01. The number of rotatable bonds is 1. The van der Waals surface area contributed by atoms with Crippen LogP contribution in [-0.2, 0) is 0 Å². The third kappa shape index (κ3) is 3.60. The quantitative estimate of drug-likeness (QED) is 0.555. The maximum atomic E-state index is 5.67. The smallest absolute Gasteiger partial charge is 0.0964 e. The third-order valence-electron chi connectivity index (χ3n) is 1.13. The van der Waals surface area contributed by atoms with Crippen molar-refractivity contribution in [3.05, 3.63) is 29.3 Å². The van der Waals surface area contributed by atoms with E-state index in [4.69, 9.17) is 17.3 Å². The average molecular weight is 205 g/mol. The molecule has 0 spiro atoms. The van der Waals surface area contributed by atoms with Crippen molar-refractivity contribution in [3.63, 3.8) is 0 Å². The highest BCUT2D eigenvalue weighted by atomic mass is 35.5. The minimum absolute atomic E-state index is 0. The molecule has 0 fully saturated rings. The number of hydrogen-bond acceptors (Lipinski definition) is 1. The van der Waals surface area contributed by atoms with Gasteiger partial charge in [-0.2, -0.15) is 0 Å². The fourth-order valence-electron chi connectivity index (χ4n) is 0.719. The van der Waals surface area contributed by atoms with Gasteiger partial charge < -0.3 is 5.73 Å². The van der Waals surface area contributed by atoms with Gasteiger partial charge >= 0.3 is 0 Å². The molecule has 0 radical (unpaired) electrons. The van der Waals surface area contributed by atoms with Gasteiger partial charge in [-0.1, -0.05) is 11.6 Å². The Balaban J connectivity index is 0.00000121. The summed E-state index contributed by atoms with van der Waals surface area (Å²) in [6.45, 7) is 1.74. The van der Waals surface area contributed by atoms with Crippen LogP contribution in [0.2, 0.25) is 5.02 Å². The molecule has 0 unspecified atom stereocenters. The Morgan fingerprint density at radius 2 is 1.83 bits per heavy atom. The minimum Gasteiger partial charge on any atom is -0.387 e. The molecule has 0 aliphatic heterocycles. The number of aliphatic imine (C=N–C) groups is 1. The zero-order valence-electron chi connectivity index (χ0n) is 6.62. The first-order valence-electron chi connectivity index (χ1n) is 3.25. The summed E-state index contributed by atoms with van der Waals surface area (Å²) in [6, 6.07) is 7.20. The van der Waals surface area contributed by atoms with Gasteiger partial charge in [-0.25, -0.2) is 4.99 Å². The maximum absolute atomic E-state index is 5.67. The lowest BCUT2D eigenvalue weighted by Crippen LogP contribution is -2.03. The third-order valence-corrected chi connectivity index (χ3v) is 1.38. The van der Waals surface area contributed by atoms with E-state index in [1.165, 1.54) is 0 Å². The Morgan fingerprint density at radius 3 is 2.25 bits per heavy atom. The Morgan fingerprint density at radius 1 is 1.33 bits per heavy atom. The number of nitrogens with zero attached hydrogens (tertiary/aromatic N) is 1. The molecule has 0 saturated heterocycles. The Hall–Kier alpha value is -0.730. The largest absolute Gasteiger partial charge is 0.387 e. The highest BCUT2D eigenvalue weighted by Crippen LogP contribution is 2.15. The van der Waals surface area contributed by atoms with Gasteiger partial charge in [0.25, 0.3) is 0 Å². The molecule has 0 heterocycles. The fourth-order valence-corrected chi connectivity index (χ4v) is 0.845. The second-order valence-corrected chi connectivity index (χ2v) is 2.67. The zero-order chi connectivity index (χ0) is 8.27. The van der Waals surface area contributed by atoms with Crippen LogP contribution in [0.5, 0.6) is 0 Å². The highest BCUT2D eigenvalue weighted by molar-refractivity contribution is 6.30. The van der Waals surface area contributed by atoms with Crippen molar-refractivity contribution >= 4 is 35.5 Å². The van der Waals surface area contributed by atoms with Crippen molar-refractivity contribution in [1.29, 1.82) is 0 Å². The highest BCUT2D eigenvalue weighted by Gasteiger charge is 1.88. The van der Waals surface area contributed by atoms with Gasteiger partial charge in [-0.3, -0.25) is 0 Å². The van der Waals surface area contributed by atoms with E-state index >= 15 is 0 Å². The summed E-state index contributed by atoms with van der Waals surface area (Å²) >= 11 is 5.67. The topological polar surface area (TPSA) is 38.4 Å². The molecular weight excluding hydrogens is 195 g/mol. The predicted molar refractivity (Wildman–Crippen MR) is 55.7 cm³/mol. The zero-order valence-corrected chi connectivity index (χ0v) is 8.19. The van der Waals surface area contributed by atoms with Crippen molar-refractivity contribution in [2.45, 2.75) is 6.92 Å². The monoisotopic (exact) mass is 204 g/mol. The molecule has 2 nitrogen and oxygen atoms in total. The lowest BCUT2D eigenvalue weighted by atomic mass is 10.3. The number of halogens is 2. The molecule has 0 atom stereocenters. The molecule has 4 heteroatoms. The first kappa shape index (κ1) is 11.3. The molecular formula is C8H10Cl2N2. The summed E-state index contributed by atoms with van der Waals surface area (Å²) in [5.41, 5.74) is 6.21.